The molecule has 2 bridgehead atoms. The first-order valence-electron chi connectivity index (χ1n) is 20.4. The van der Waals surface area contributed by atoms with Gasteiger partial charge in [-0.2, -0.15) is 0 Å². The van der Waals surface area contributed by atoms with Gasteiger partial charge < -0.3 is 62.6 Å². The number of ether oxygens (including phenoxy) is 1. The Hall–Kier alpha value is -5.34. The molecule has 11 N–H and O–H groups in total. The van der Waals surface area contributed by atoms with Gasteiger partial charge in [-0.25, -0.2) is 4.79 Å². The molecule has 11 unspecified atom stereocenters. The zero-order chi connectivity index (χ0) is 44.8. The average molecular weight is 846 g/mol. The van der Waals surface area contributed by atoms with Crippen LogP contribution in [0.2, 0.25) is 0 Å². The summed E-state index contributed by atoms with van der Waals surface area (Å²) >= 11 is 0. The molecule has 20 heteroatoms. The first-order valence-corrected chi connectivity index (χ1v) is 20.4. The maximum atomic E-state index is 14.8. The lowest BCUT2D eigenvalue weighted by Gasteiger charge is -2.44. The number of benzene rings is 1. The van der Waals surface area contributed by atoms with Crippen LogP contribution in [-0.4, -0.2) is 147 Å². The van der Waals surface area contributed by atoms with Crippen LogP contribution < -0.4 is 32.7 Å². The SMILES string of the molecule is CCC(C)C1NC(=O)C(Cc2ccccc2)N(C)C(=O)C(C(C)CC)N2C(=O)C(CCC2O)NC(=O)C(CCCN=C(N)N)NC(=O)C(NC(=O)C(O)CO)C(C)OC1=O. The van der Waals surface area contributed by atoms with E-state index in [1.807, 2.05) is 0 Å². The Morgan fingerprint density at radius 2 is 1.60 bits per heavy atom. The second kappa shape index (κ2) is 22.9. The van der Waals surface area contributed by atoms with Gasteiger partial charge in [0.25, 0.3) is 5.91 Å². The predicted octanol–water partition coefficient (Wildman–Crippen LogP) is -2.25. The summed E-state index contributed by atoms with van der Waals surface area (Å²) in [4.78, 5) is 105. The smallest absolute Gasteiger partial charge is 0.329 e. The van der Waals surface area contributed by atoms with Gasteiger partial charge in [-0.15, -0.1) is 0 Å². The molecule has 2 heterocycles. The van der Waals surface area contributed by atoms with E-state index in [0.717, 1.165) is 4.90 Å². The third-order valence-electron chi connectivity index (χ3n) is 11.2. The van der Waals surface area contributed by atoms with Crippen LogP contribution in [0.4, 0.5) is 0 Å². The molecule has 6 amide bonds. The van der Waals surface area contributed by atoms with E-state index in [1.54, 1.807) is 58.0 Å². The van der Waals surface area contributed by atoms with Crippen molar-refractivity contribution in [2.75, 3.05) is 20.2 Å². The number of aliphatic imine (C=N–C) groups is 1. The molecule has 334 valence electrons. The van der Waals surface area contributed by atoms with Crippen molar-refractivity contribution in [3.05, 3.63) is 35.9 Å². The van der Waals surface area contributed by atoms with Gasteiger partial charge in [-0.05, 0) is 50.0 Å². The number of piperidine rings is 1. The molecule has 20 nitrogen and oxygen atoms in total. The monoisotopic (exact) mass is 845 g/mol. The molecule has 2 fully saturated rings. The van der Waals surface area contributed by atoms with Crippen LogP contribution in [-0.2, 0) is 44.7 Å². The standard InChI is InChI=1S/C40H63N9O11/c1-7-21(3)30-39(59)60-23(5)31(47-35(55)28(51)20-50)36(56)44-25(15-12-18-43-40(41)42)33(53)45-26-16-17-29(52)49(37(26)57)32(22(4)8-2)38(58)48(6)27(34(54)46-30)19-24-13-10-9-11-14-24/h9-11,13-14,21-23,25-32,50-52H,7-8,12,15-20H2,1-6H3,(H,44,56)(H,45,53)(H,46,54)(H,47,55)(H4,41,42,43). The Balaban J connectivity index is 2.24. The highest BCUT2D eigenvalue weighted by atomic mass is 16.5. The second-order valence-corrected chi connectivity index (χ2v) is 15.6. The number of carbonyl (C=O) groups excluding carboxylic acids is 7. The van der Waals surface area contributed by atoms with E-state index < -0.39 is 115 Å². The van der Waals surface area contributed by atoms with E-state index in [2.05, 4.69) is 26.3 Å². The number of nitrogens with two attached hydrogens (primary N) is 2. The molecule has 0 saturated carbocycles. The first kappa shape index (κ1) is 49.0. The number of esters is 1. The Bertz CT molecular complexity index is 1700. The largest absolute Gasteiger partial charge is 0.458 e. The van der Waals surface area contributed by atoms with Crippen LogP contribution in [0.5, 0.6) is 0 Å². The zero-order valence-electron chi connectivity index (χ0n) is 35.2. The molecular formula is C40H63N9O11. The van der Waals surface area contributed by atoms with Crippen molar-refractivity contribution in [1.29, 1.82) is 0 Å². The van der Waals surface area contributed by atoms with Gasteiger partial charge in [-0.1, -0.05) is 70.9 Å². The lowest BCUT2D eigenvalue weighted by atomic mass is 9.91. The number of carbonyl (C=O) groups is 7. The Morgan fingerprint density at radius 1 is 0.950 bits per heavy atom. The summed E-state index contributed by atoms with van der Waals surface area (Å²) in [5, 5.41) is 41.1. The van der Waals surface area contributed by atoms with E-state index >= 15 is 0 Å². The van der Waals surface area contributed by atoms with Gasteiger partial charge in [0, 0.05) is 20.0 Å². The van der Waals surface area contributed by atoms with Crippen LogP contribution in [0.15, 0.2) is 35.3 Å². The second-order valence-electron chi connectivity index (χ2n) is 15.6. The lowest BCUT2D eigenvalue weighted by molar-refractivity contribution is -0.168. The van der Waals surface area contributed by atoms with Crippen LogP contribution in [0.25, 0.3) is 0 Å². The number of aliphatic hydroxyl groups excluding tert-OH is 3. The number of rotatable bonds is 13. The topological polar surface area (TPSA) is 308 Å². The molecule has 2 saturated heterocycles. The van der Waals surface area contributed by atoms with Crippen molar-refractivity contribution in [2.45, 2.75) is 134 Å². The minimum absolute atomic E-state index is 0.0119. The third-order valence-corrected chi connectivity index (χ3v) is 11.2. The van der Waals surface area contributed by atoms with Crippen molar-refractivity contribution in [2.24, 2.45) is 28.3 Å². The van der Waals surface area contributed by atoms with E-state index in [4.69, 9.17) is 16.2 Å². The maximum Gasteiger partial charge on any atom is 0.329 e. The Kier molecular flexibility index (Phi) is 18.7. The summed E-state index contributed by atoms with van der Waals surface area (Å²) in [6, 6.07) is 0.512. The number of hydrogen-bond donors (Lipinski definition) is 9. The molecular weight excluding hydrogens is 782 g/mol. The van der Waals surface area contributed by atoms with Gasteiger partial charge >= 0.3 is 5.97 Å². The summed E-state index contributed by atoms with van der Waals surface area (Å²) in [6.07, 6.45) is -4.21. The normalized spacial score (nSPS) is 27.8. The van der Waals surface area contributed by atoms with Crippen LogP contribution >= 0.6 is 0 Å². The van der Waals surface area contributed by atoms with Crippen molar-refractivity contribution in [3.8, 4) is 0 Å². The molecule has 1 aromatic carbocycles. The fourth-order valence-electron chi connectivity index (χ4n) is 7.10. The highest BCUT2D eigenvalue weighted by Crippen LogP contribution is 2.28. The fourth-order valence-corrected chi connectivity index (χ4v) is 7.10. The summed E-state index contributed by atoms with van der Waals surface area (Å²) in [7, 11) is 1.41. The lowest BCUT2D eigenvalue weighted by Crippen LogP contribution is -2.66. The predicted molar refractivity (Wildman–Crippen MR) is 218 cm³/mol. The van der Waals surface area contributed by atoms with Crippen LogP contribution in [0, 0.1) is 11.8 Å². The molecule has 2 aliphatic rings. The number of likely N-dealkylation sites (N-methyl/N-ethyl adjacent to an activating group) is 1. The highest BCUT2D eigenvalue weighted by Gasteiger charge is 2.47. The van der Waals surface area contributed by atoms with E-state index in [0.29, 0.717) is 18.4 Å². The molecule has 3 rings (SSSR count). The molecule has 60 heavy (non-hydrogen) atoms. The van der Waals surface area contributed by atoms with E-state index in [9.17, 15) is 48.9 Å². The van der Waals surface area contributed by atoms with Crippen molar-refractivity contribution >= 4 is 47.4 Å². The average Bonchev–Trinajstić information content (AvgIpc) is 3.22. The van der Waals surface area contributed by atoms with E-state index in [1.165, 1.54) is 18.9 Å². The number of fused-ring (bicyclic) bond motifs is 2. The number of guanidine groups is 1. The zero-order valence-corrected chi connectivity index (χ0v) is 35.2. The first-order chi connectivity index (χ1) is 28.4. The quantitative estimate of drug-likeness (QED) is 0.0439. The number of nitrogens with one attached hydrogen (secondary N) is 4. The number of cyclic esters (lactones) is 1. The number of aliphatic hydroxyl groups is 3. The fraction of sp³-hybridized carbons (Fsp3) is 0.650. The summed E-state index contributed by atoms with van der Waals surface area (Å²) < 4.78 is 5.75. The molecule has 0 aliphatic carbocycles. The minimum atomic E-state index is -1.97. The van der Waals surface area contributed by atoms with Gasteiger partial charge in [0.15, 0.2) is 12.1 Å². The molecule has 2 aliphatic heterocycles. The van der Waals surface area contributed by atoms with Crippen molar-refractivity contribution < 1.29 is 53.6 Å². The molecule has 0 radical (unpaired) electrons. The summed E-state index contributed by atoms with van der Waals surface area (Å²) in [5.74, 6) is -7.59. The third kappa shape index (κ3) is 12.8. The van der Waals surface area contributed by atoms with Gasteiger partial charge in [0.1, 0.15) is 48.6 Å². The summed E-state index contributed by atoms with van der Waals surface area (Å²) in [6.45, 7) is 7.30. The highest BCUT2D eigenvalue weighted by molar-refractivity contribution is 5.98. The van der Waals surface area contributed by atoms with Crippen molar-refractivity contribution in [3.63, 3.8) is 0 Å². The van der Waals surface area contributed by atoms with E-state index in [-0.39, 0.29) is 44.6 Å². The maximum absolute atomic E-state index is 14.8. The van der Waals surface area contributed by atoms with Crippen LogP contribution in [0.3, 0.4) is 0 Å². The minimum Gasteiger partial charge on any atom is -0.458 e. The molecule has 1 aromatic rings. The molecule has 11 atom stereocenters. The van der Waals surface area contributed by atoms with Crippen molar-refractivity contribution in [1.82, 2.24) is 31.1 Å². The van der Waals surface area contributed by atoms with Gasteiger partial charge in [0.05, 0.1) is 6.61 Å². The van der Waals surface area contributed by atoms with Gasteiger partial charge in [-0.3, -0.25) is 33.8 Å². The number of nitrogens with zero attached hydrogens (tertiary/aromatic N) is 3. The van der Waals surface area contributed by atoms with Gasteiger partial charge in [0.2, 0.25) is 29.5 Å². The van der Waals surface area contributed by atoms with Crippen LogP contribution in [0.1, 0.15) is 78.7 Å². The number of amides is 6. The summed E-state index contributed by atoms with van der Waals surface area (Å²) in [5.41, 5.74) is 11.6. The Labute approximate surface area is 350 Å². The Morgan fingerprint density at radius 3 is 2.20 bits per heavy atom. The number of hydrogen-bond acceptors (Lipinski definition) is 12. The molecule has 0 spiro atoms. The molecule has 0 aromatic heterocycles.